The van der Waals surface area contributed by atoms with Gasteiger partial charge in [0.2, 0.25) is 0 Å². The second-order valence-electron chi connectivity index (χ2n) is 9.36. The summed E-state index contributed by atoms with van der Waals surface area (Å²) >= 11 is 0. The predicted molar refractivity (Wildman–Crippen MR) is 163 cm³/mol. The van der Waals surface area contributed by atoms with Gasteiger partial charge in [0, 0.05) is 32.2 Å². The van der Waals surface area contributed by atoms with E-state index in [1.165, 1.54) is 6.07 Å². The molecule has 0 unspecified atom stereocenters. The summed E-state index contributed by atoms with van der Waals surface area (Å²) in [7, 11) is -2.82. The van der Waals surface area contributed by atoms with E-state index in [4.69, 9.17) is 18.4 Å². The van der Waals surface area contributed by atoms with E-state index in [1.807, 2.05) is 86.6 Å². The van der Waals surface area contributed by atoms with E-state index in [-0.39, 0.29) is 11.3 Å². The molecule has 0 aromatic heterocycles. The van der Waals surface area contributed by atoms with Gasteiger partial charge < -0.3 is 23.5 Å². The zero-order valence-electron chi connectivity index (χ0n) is 23.9. The SMILES string of the molecule is CCCOc1cc(OCCC)c(S(OC(=O)c2ccccc2O)(c2ccccc2)c2ccccc2)c(OCCC)c1. The Morgan fingerprint density at radius 1 is 0.659 bits per heavy atom. The molecule has 0 atom stereocenters. The first-order valence-electron chi connectivity index (χ1n) is 14.1. The van der Waals surface area contributed by atoms with Gasteiger partial charge in [-0.15, -0.1) is 0 Å². The molecule has 1 N–H and O–H groups in total. The van der Waals surface area contributed by atoms with Crippen LogP contribution in [0.5, 0.6) is 23.0 Å². The molecule has 0 radical (unpaired) electrons. The maximum absolute atomic E-state index is 14.0. The summed E-state index contributed by atoms with van der Waals surface area (Å²) < 4.78 is 25.6. The molecule has 0 saturated carbocycles. The van der Waals surface area contributed by atoms with E-state index in [9.17, 15) is 9.90 Å². The molecule has 0 bridgehead atoms. The Bertz CT molecular complexity index is 1340. The van der Waals surface area contributed by atoms with Crippen LogP contribution in [0, 0.1) is 0 Å². The van der Waals surface area contributed by atoms with E-state index < -0.39 is 16.3 Å². The van der Waals surface area contributed by atoms with Crippen molar-refractivity contribution in [3.05, 3.63) is 103 Å². The third-order valence-electron chi connectivity index (χ3n) is 6.15. The summed E-state index contributed by atoms with van der Waals surface area (Å²) in [6, 6.07) is 29.5. The van der Waals surface area contributed by atoms with Crippen molar-refractivity contribution in [3.8, 4) is 23.0 Å². The molecule has 0 heterocycles. The number of phenolic OH excluding ortho intramolecular Hbond substituents is 1. The standard InChI is InChI=1S/C34H38O6S/c1-4-21-37-26-24-31(38-22-5-2)33(32(25-26)39-23-6-3)41(27-15-9-7-10-16-27,28-17-11-8-12-18-28)40-34(36)29-19-13-14-20-30(29)35/h7-20,24-25,35H,4-6,21-23H2,1-3H3. The van der Waals surface area contributed by atoms with Crippen molar-refractivity contribution in [1.29, 1.82) is 0 Å². The molecule has 0 aliphatic carbocycles. The summed E-state index contributed by atoms with van der Waals surface area (Å²) in [6.45, 7) is 7.57. The third-order valence-corrected chi connectivity index (χ3v) is 9.40. The van der Waals surface area contributed by atoms with Gasteiger partial charge in [-0.3, -0.25) is 0 Å². The van der Waals surface area contributed by atoms with Crippen molar-refractivity contribution in [2.75, 3.05) is 19.8 Å². The first-order valence-corrected chi connectivity index (χ1v) is 15.6. The number of hydrogen-bond donors (Lipinski definition) is 1. The summed E-state index contributed by atoms with van der Waals surface area (Å²) in [5.41, 5.74) is 0.0752. The predicted octanol–water partition coefficient (Wildman–Crippen LogP) is 8.81. The lowest BCUT2D eigenvalue weighted by Crippen LogP contribution is -2.17. The van der Waals surface area contributed by atoms with Crippen molar-refractivity contribution < 1.29 is 28.3 Å². The van der Waals surface area contributed by atoms with E-state index in [1.54, 1.807) is 18.2 Å². The topological polar surface area (TPSA) is 74.2 Å². The van der Waals surface area contributed by atoms with Crippen LogP contribution in [0.2, 0.25) is 0 Å². The fraction of sp³-hybridized carbons (Fsp3) is 0.265. The fourth-order valence-electron chi connectivity index (χ4n) is 4.32. The zero-order valence-corrected chi connectivity index (χ0v) is 24.7. The number of benzene rings is 4. The Hall–Kier alpha value is -4.10. The average molecular weight is 575 g/mol. The van der Waals surface area contributed by atoms with Crippen LogP contribution in [0.25, 0.3) is 0 Å². The number of phenols is 1. The molecule has 4 aromatic carbocycles. The molecule has 0 fully saturated rings. The van der Waals surface area contributed by atoms with Crippen molar-refractivity contribution >= 4 is 16.3 Å². The normalized spacial score (nSPS) is 11.5. The first kappa shape index (κ1) is 29.9. The van der Waals surface area contributed by atoms with Crippen LogP contribution >= 0.6 is 10.3 Å². The van der Waals surface area contributed by atoms with E-state index in [2.05, 4.69) is 6.92 Å². The van der Waals surface area contributed by atoms with E-state index >= 15 is 0 Å². The number of aromatic hydroxyl groups is 1. The number of para-hydroxylation sites is 1. The Morgan fingerprint density at radius 2 is 1.12 bits per heavy atom. The molecule has 0 aliphatic heterocycles. The zero-order chi connectivity index (χ0) is 29.1. The summed E-state index contributed by atoms with van der Waals surface area (Å²) in [5.74, 6) is 0.869. The molecule has 0 aliphatic rings. The second kappa shape index (κ2) is 14.5. The number of hydrogen-bond acceptors (Lipinski definition) is 6. The van der Waals surface area contributed by atoms with Gasteiger partial charge in [-0.1, -0.05) is 69.3 Å². The highest BCUT2D eigenvalue weighted by molar-refractivity contribution is 8.30. The summed E-state index contributed by atoms with van der Waals surface area (Å²) in [6.07, 6.45) is 2.40. The Balaban J connectivity index is 2.09. The fourth-order valence-corrected chi connectivity index (χ4v) is 7.54. The highest BCUT2D eigenvalue weighted by Gasteiger charge is 2.42. The van der Waals surface area contributed by atoms with Crippen LogP contribution in [0.15, 0.2) is 112 Å². The van der Waals surface area contributed by atoms with Gasteiger partial charge >= 0.3 is 5.97 Å². The molecule has 6 nitrogen and oxygen atoms in total. The van der Waals surface area contributed by atoms with Crippen molar-refractivity contribution in [2.45, 2.75) is 54.7 Å². The van der Waals surface area contributed by atoms with Crippen LogP contribution in [0.1, 0.15) is 50.4 Å². The lowest BCUT2D eigenvalue weighted by molar-refractivity contribution is 0.0753. The van der Waals surface area contributed by atoms with Crippen molar-refractivity contribution in [1.82, 2.24) is 0 Å². The molecular formula is C34H38O6S. The maximum atomic E-state index is 14.0. The van der Waals surface area contributed by atoms with Crippen LogP contribution in [-0.2, 0) is 4.18 Å². The second-order valence-corrected chi connectivity index (χ2v) is 12.0. The molecule has 7 heteroatoms. The maximum Gasteiger partial charge on any atom is 0.353 e. The summed E-state index contributed by atoms with van der Waals surface area (Å²) in [5, 5.41) is 10.6. The highest BCUT2D eigenvalue weighted by atomic mass is 32.3. The summed E-state index contributed by atoms with van der Waals surface area (Å²) in [4.78, 5) is 16.2. The molecule has 0 spiro atoms. The minimum absolute atomic E-state index is 0.0752. The monoisotopic (exact) mass is 574 g/mol. The van der Waals surface area contributed by atoms with Gasteiger partial charge in [0.05, 0.1) is 19.8 Å². The van der Waals surface area contributed by atoms with Gasteiger partial charge in [0.1, 0.15) is 33.5 Å². The lowest BCUT2D eigenvalue weighted by atomic mass is 10.2. The Kier molecular flexibility index (Phi) is 10.6. The number of carbonyl (C=O) groups excluding carboxylic acids is 1. The van der Waals surface area contributed by atoms with Gasteiger partial charge in [0.25, 0.3) is 0 Å². The highest BCUT2D eigenvalue weighted by Crippen LogP contribution is 2.74. The Morgan fingerprint density at radius 3 is 1.61 bits per heavy atom. The molecule has 216 valence electrons. The van der Waals surface area contributed by atoms with Crippen LogP contribution in [-0.4, -0.2) is 30.9 Å². The molecular weight excluding hydrogens is 536 g/mol. The Labute approximate surface area is 244 Å². The van der Waals surface area contributed by atoms with Gasteiger partial charge in [-0.05, 0) is 55.7 Å². The van der Waals surface area contributed by atoms with E-state index in [0.717, 1.165) is 29.1 Å². The molecule has 0 amide bonds. The average Bonchev–Trinajstić information content (AvgIpc) is 3.01. The van der Waals surface area contributed by atoms with E-state index in [0.29, 0.717) is 42.0 Å². The van der Waals surface area contributed by atoms with Crippen molar-refractivity contribution in [3.63, 3.8) is 0 Å². The van der Waals surface area contributed by atoms with Crippen LogP contribution in [0.4, 0.5) is 0 Å². The molecule has 41 heavy (non-hydrogen) atoms. The van der Waals surface area contributed by atoms with Crippen LogP contribution in [0.3, 0.4) is 0 Å². The third kappa shape index (κ3) is 6.80. The largest absolute Gasteiger partial charge is 0.507 e. The smallest absolute Gasteiger partial charge is 0.353 e. The lowest BCUT2D eigenvalue weighted by Gasteiger charge is -2.41. The van der Waals surface area contributed by atoms with Crippen LogP contribution < -0.4 is 14.2 Å². The molecule has 4 rings (SSSR count). The van der Waals surface area contributed by atoms with Crippen molar-refractivity contribution in [2.24, 2.45) is 0 Å². The van der Waals surface area contributed by atoms with Gasteiger partial charge in [0.15, 0.2) is 0 Å². The van der Waals surface area contributed by atoms with Gasteiger partial charge in [-0.2, -0.15) is 0 Å². The number of rotatable bonds is 14. The number of ether oxygens (including phenoxy) is 3. The first-order chi connectivity index (χ1) is 20.0. The quantitative estimate of drug-likeness (QED) is 0.162. The van der Waals surface area contributed by atoms with Gasteiger partial charge in [-0.25, -0.2) is 4.79 Å². The minimum atomic E-state index is -2.82. The molecule has 4 aromatic rings. The molecule has 0 saturated heterocycles. The number of carbonyl (C=O) groups is 1. The minimum Gasteiger partial charge on any atom is -0.507 e.